The lowest BCUT2D eigenvalue weighted by molar-refractivity contribution is -0.138. The standard InChI is InChI=1S/C21H26N2O2/c1-16(21(24)23-14-6-9-19(23)15-22-2)25-20-12-10-18(11-13-20)17-7-4-3-5-8-17/h3-5,7-8,10-13,16,19,22H,6,9,14-15H2,1-2H3. The summed E-state index contributed by atoms with van der Waals surface area (Å²) < 4.78 is 5.89. The van der Waals surface area contributed by atoms with Gasteiger partial charge in [-0.1, -0.05) is 42.5 Å². The topological polar surface area (TPSA) is 41.6 Å². The quantitative estimate of drug-likeness (QED) is 0.878. The lowest BCUT2D eigenvalue weighted by atomic mass is 10.1. The largest absolute Gasteiger partial charge is 0.481 e. The second-order valence-electron chi connectivity index (χ2n) is 6.54. The van der Waals surface area contributed by atoms with E-state index in [9.17, 15) is 4.79 Å². The first kappa shape index (κ1) is 17.5. The van der Waals surface area contributed by atoms with Gasteiger partial charge in [-0.3, -0.25) is 4.79 Å². The van der Waals surface area contributed by atoms with Crippen molar-refractivity contribution in [3.8, 4) is 16.9 Å². The average molecular weight is 338 g/mol. The highest BCUT2D eigenvalue weighted by Gasteiger charge is 2.31. The maximum absolute atomic E-state index is 12.7. The number of carbonyl (C=O) groups is 1. The Balaban J connectivity index is 1.62. The third-order valence-electron chi connectivity index (χ3n) is 4.72. The second kappa shape index (κ2) is 8.17. The summed E-state index contributed by atoms with van der Waals surface area (Å²) >= 11 is 0. The van der Waals surface area contributed by atoms with E-state index >= 15 is 0 Å². The molecule has 1 heterocycles. The molecule has 25 heavy (non-hydrogen) atoms. The fourth-order valence-electron chi connectivity index (χ4n) is 3.42. The van der Waals surface area contributed by atoms with Gasteiger partial charge in [0.15, 0.2) is 6.10 Å². The summed E-state index contributed by atoms with van der Waals surface area (Å²) in [5.41, 5.74) is 2.31. The van der Waals surface area contributed by atoms with Crippen LogP contribution >= 0.6 is 0 Å². The van der Waals surface area contributed by atoms with Crippen LogP contribution in [-0.2, 0) is 4.79 Å². The molecule has 4 heteroatoms. The van der Waals surface area contributed by atoms with Crippen molar-refractivity contribution in [2.45, 2.75) is 31.9 Å². The minimum atomic E-state index is -0.472. The van der Waals surface area contributed by atoms with Gasteiger partial charge in [0.2, 0.25) is 0 Å². The SMILES string of the molecule is CNCC1CCCN1C(=O)C(C)Oc1ccc(-c2ccccc2)cc1. The molecule has 1 aliphatic heterocycles. The Kier molecular flexibility index (Phi) is 5.71. The molecule has 2 atom stereocenters. The number of benzene rings is 2. The van der Waals surface area contributed by atoms with Crippen molar-refractivity contribution >= 4 is 5.91 Å². The number of nitrogens with zero attached hydrogens (tertiary/aromatic N) is 1. The lowest BCUT2D eigenvalue weighted by Gasteiger charge is -2.27. The van der Waals surface area contributed by atoms with Crippen molar-refractivity contribution in [1.29, 1.82) is 0 Å². The summed E-state index contributed by atoms with van der Waals surface area (Å²) in [5.74, 6) is 0.801. The van der Waals surface area contributed by atoms with Crippen LogP contribution in [0.15, 0.2) is 54.6 Å². The molecule has 4 nitrogen and oxygen atoms in total. The van der Waals surface area contributed by atoms with Crippen LogP contribution in [0.5, 0.6) is 5.75 Å². The molecule has 2 aromatic carbocycles. The fraction of sp³-hybridized carbons (Fsp3) is 0.381. The molecule has 2 aromatic rings. The Hall–Kier alpha value is -2.33. The van der Waals surface area contributed by atoms with E-state index in [1.54, 1.807) is 0 Å². The van der Waals surface area contributed by atoms with E-state index in [-0.39, 0.29) is 11.9 Å². The van der Waals surface area contributed by atoms with Gasteiger partial charge < -0.3 is 15.0 Å². The molecule has 0 aliphatic carbocycles. The summed E-state index contributed by atoms with van der Waals surface area (Å²) in [6.45, 7) is 3.50. The molecule has 0 aromatic heterocycles. The summed E-state index contributed by atoms with van der Waals surface area (Å²) in [4.78, 5) is 14.7. The maximum atomic E-state index is 12.7. The van der Waals surface area contributed by atoms with Crippen molar-refractivity contribution in [3.63, 3.8) is 0 Å². The number of carbonyl (C=O) groups excluding carboxylic acids is 1. The van der Waals surface area contributed by atoms with Crippen LogP contribution in [0.3, 0.4) is 0 Å². The normalized spacial score (nSPS) is 18.2. The highest BCUT2D eigenvalue weighted by Crippen LogP contribution is 2.24. The molecule has 1 N–H and O–H groups in total. The Labute approximate surface area is 149 Å². The number of rotatable bonds is 6. The summed E-state index contributed by atoms with van der Waals surface area (Å²) in [5, 5.41) is 3.17. The van der Waals surface area contributed by atoms with E-state index in [0.29, 0.717) is 0 Å². The van der Waals surface area contributed by atoms with Gasteiger partial charge in [-0.25, -0.2) is 0 Å². The van der Waals surface area contributed by atoms with Gasteiger partial charge in [-0.15, -0.1) is 0 Å². The smallest absolute Gasteiger partial charge is 0.263 e. The first-order valence-electron chi connectivity index (χ1n) is 8.96. The van der Waals surface area contributed by atoms with Gasteiger partial charge in [0.25, 0.3) is 5.91 Å². The lowest BCUT2D eigenvalue weighted by Crippen LogP contribution is -2.46. The van der Waals surface area contributed by atoms with Crippen LogP contribution in [0.25, 0.3) is 11.1 Å². The number of hydrogen-bond donors (Lipinski definition) is 1. The van der Waals surface area contributed by atoms with Crippen LogP contribution in [0.1, 0.15) is 19.8 Å². The van der Waals surface area contributed by atoms with Crippen LogP contribution in [0.4, 0.5) is 0 Å². The number of hydrogen-bond acceptors (Lipinski definition) is 3. The van der Waals surface area contributed by atoms with Crippen LogP contribution < -0.4 is 10.1 Å². The zero-order valence-corrected chi connectivity index (χ0v) is 14.9. The van der Waals surface area contributed by atoms with Crippen molar-refractivity contribution in [2.24, 2.45) is 0 Å². The molecule has 1 aliphatic rings. The monoisotopic (exact) mass is 338 g/mol. The van der Waals surface area contributed by atoms with Gasteiger partial charge in [-0.05, 0) is 50.1 Å². The Morgan fingerprint density at radius 1 is 1.16 bits per heavy atom. The number of amides is 1. The van der Waals surface area contributed by atoms with E-state index in [1.165, 1.54) is 5.56 Å². The third kappa shape index (κ3) is 4.20. The van der Waals surface area contributed by atoms with E-state index in [1.807, 2.05) is 61.3 Å². The van der Waals surface area contributed by atoms with Gasteiger partial charge in [0.1, 0.15) is 5.75 Å². The maximum Gasteiger partial charge on any atom is 0.263 e. The number of likely N-dealkylation sites (tertiary alicyclic amines) is 1. The minimum absolute atomic E-state index is 0.0740. The highest BCUT2D eigenvalue weighted by atomic mass is 16.5. The molecule has 2 unspecified atom stereocenters. The Morgan fingerprint density at radius 2 is 1.84 bits per heavy atom. The number of likely N-dealkylation sites (N-methyl/N-ethyl adjacent to an activating group) is 1. The first-order chi connectivity index (χ1) is 12.2. The van der Waals surface area contributed by atoms with Gasteiger partial charge in [-0.2, -0.15) is 0 Å². The molecule has 0 spiro atoms. The van der Waals surface area contributed by atoms with E-state index in [2.05, 4.69) is 17.4 Å². The first-order valence-corrected chi connectivity index (χ1v) is 8.96. The van der Waals surface area contributed by atoms with Gasteiger partial charge in [0.05, 0.1) is 0 Å². The molecule has 0 radical (unpaired) electrons. The zero-order chi connectivity index (χ0) is 17.6. The highest BCUT2D eigenvalue weighted by molar-refractivity contribution is 5.81. The predicted octanol–water partition coefficient (Wildman–Crippen LogP) is 3.33. The fourth-order valence-corrected chi connectivity index (χ4v) is 3.42. The summed E-state index contributed by atoms with van der Waals surface area (Å²) in [7, 11) is 1.93. The molecular weight excluding hydrogens is 312 g/mol. The summed E-state index contributed by atoms with van der Waals surface area (Å²) in [6, 6.07) is 18.4. The van der Waals surface area contributed by atoms with E-state index in [4.69, 9.17) is 4.74 Å². The van der Waals surface area contributed by atoms with Crippen molar-refractivity contribution in [3.05, 3.63) is 54.6 Å². The van der Waals surface area contributed by atoms with Gasteiger partial charge >= 0.3 is 0 Å². The van der Waals surface area contributed by atoms with Crippen LogP contribution in [0, 0.1) is 0 Å². The van der Waals surface area contributed by atoms with Gasteiger partial charge in [0, 0.05) is 19.1 Å². The summed E-state index contributed by atoms with van der Waals surface area (Å²) in [6.07, 6.45) is 1.65. The third-order valence-corrected chi connectivity index (χ3v) is 4.72. The van der Waals surface area contributed by atoms with E-state index < -0.39 is 6.10 Å². The average Bonchev–Trinajstić information content (AvgIpc) is 3.11. The van der Waals surface area contributed by atoms with Crippen LogP contribution in [-0.4, -0.2) is 43.1 Å². The molecule has 0 saturated carbocycles. The Morgan fingerprint density at radius 3 is 2.52 bits per heavy atom. The zero-order valence-electron chi connectivity index (χ0n) is 14.9. The molecule has 3 rings (SSSR count). The van der Waals surface area contributed by atoms with Crippen molar-refractivity contribution < 1.29 is 9.53 Å². The second-order valence-corrected chi connectivity index (χ2v) is 6.54. The number of nitrogens with one attached hydrogen (secondary N) is 1. The van der Waals surface area contributed by atoms with E-state index in [0.717, 1.165) is 37.2 Å². The molecule has 1 amide bonds. The molecular formula is C21H26N2O2. The molecule has 132 valence electrons. The molecule has 1 fully saturated rings. The van der Waals surface area contributed by atoms with Crippen molar-refractivity contribution in [2.75, 3.05) is 20.1 Å². The molecule has 0 bridgehead atoms. The van der Waals surface area contributed by atoms with Crippen LogP contribution in [0.2, 0.25) is 0 Å². The minimum Gasteiger partial charge on any atom is -0.481 e. The Bertz CT molecular complexity index is 685. The number of ether oxygens (including phenoxy) is 1. The molecule has 1 saturated heterocycles. The van der Waals surface area contributed by atoms with Crippen molar-refractivity contribution in [1.82, 2.24) is 10.2 Å². The predicted molar refractivity (Wildman–Crippen MR) is 101 cm³/mol.